The fourth-order valence-corrected chi connectivity index (χ4v) is 5.48. The summed E-state index contributed by atoms with van der Waals surface area (Å²) in [6.07, 6.45) is 30.0. The Labute approximate surface area is 212 Å². The lowest BCUT2D eigenvalue weighted by atomic mass is 9.81. The van der Waals surface area contributed by atoms with Crippen molar-refractivity contribution in [3.63, 3.8) is 0 Å². The van der Waals surface area contributed by atoms with Gasteiger partial charge in [-0.05, 0) is 30.2 Å². The molecule has 0 saturated heterocycles. The van der Waals surface area contributed by atoms with E-state index in [2.05, 4.69) is 66.9 Å². The second-order valence-corrected chi connectivity index (χ2v) is 10.9. The first-order valence-electron chi connectivity index (χ1n) is 14.7. The largest absolute Gasteiger partial charge is 0.334 e. The zero-order valence-electron chi connectivity index (χ0n) is 22.8. The summed E-state index contributed by atoms with van der Waals surface area (Å²) in [5, 5.41) is 0. The molecule has 1 aromatic carbocycles. The Morgan fingerprint density at radius 2 is 1.24 bits per heavy atom. The van der Waals surface area contributed by atoms with Crippen LogP contribution in [0.2, 0.25) is 0 Å². The van der Waals surface area contributed by atoms with Gasteiger partial charge in [0.2, 0.25) is 0 Å². The van der Waals surface area contributed by atoms with Crippen LogP contribution < -0.4 is 0 Å². The summed E-state index contributed by atoms with van der Waals surface area (Å²) in [6.45, 7) is 7.08. The summed E-state index contributed by atoms with van der Waals surface area (Å²) in [7, 11) is 0. The Morgan fingerprint density at radius 3 is 1.71 bits per heavy atom. The number of imidazole rings is 1. The van der Waals surface area contributed by atoms with Gasteiger partial charge in [0.15, 0.2) is 0 Å². The molecule has 0 aliphatic rings. The van der Waals surface area contributed by atoms with E-state index in [1.54, 1.807) is 0 Å². The van der Waals surface area contributed by atoms with Gasteiger partial charge in [-0.3, -0.25) is 0 Å². The van der Waals surface area contributed by atoms with Gasteiger partial charge in [0, 0.05) is 18.4 Å². The van der Waals surface area contributed by atoms with Crippen molar-refractivity contribution in [2.75, 3.05) is 0 Å². The summed E-state index contributed by atoms with van der Waals surface area (Å²) in [5.74, 6) is 1.30. The third-order valence-electron chi connectivity index (χ3n) is 7.68. The molecule has 0 aliphatic carbocycles. The molecule has 0 spiro atoms. The van der Waals surface area contributed by atoms with E-state index in [0.717, 1.165) is 6.42 Å². The molecule has 34 heavy (non-hydrogen) atoms. The van der Waals surface area contributed by atoms with Gasteiger partial charge in [-0.1, -0.05) is 147 Å². The van der Waals surface area contributed by atoms with Crippen LogP contribution in [0, 0.1) is 11.8 Å². The Hall–Kier alpha value is -1.57. The van der Waals surface area contributed by atoms with Crippen molar-refractivity contribution in [1.29, 1.82) is 0 Å². The van der Waals surface area contributed by atoms with Crippen molar-refractivity contribution < 1.29 is 0 Å². The molecule has 0 bridgehead atoms. The van der Waals surface area contributed by atoms with E-state index >= 15 is 0 Å². The highest BCUT2D eigenvalue weighted by Gasteiger charge is 2.25. The molecule has 0 N–H and O–H groups in total. The van der Waals surface area contributed by atoms with Crippen LogP contribution in [0.1, 0.15) is 135 Å². The minimum atomic E-state index is 0.546. The van der Waals surface area contributed by atoms with Crippen molar-refractivity contribution in [3.8, 4) is 0 Å². The van der Waals surface area contributed by atoms with Gasteiger partial charge in [0.05, 0.1) is 6.33 Å². The van der Waals surface area contributed by atoms with Gasteiger partial charge in [0.1, 0.15) is 0 Å². The molecule has 2 aromatic rings. The molecule has 2 atom stereocenters. The van der Waals surface area contributed by atoms with Crippen LogP contribution in [0.3, 0.4) is 0 Å². The predicted molar refractivity (Wildman–Crippen MR) is 149 cm³/mol. The molecular weight excluding hydrogens is 412 g/mol. The van der Waals surface area contributed by atoms with Crippen LogP contribution in [0.5, 0.6) is 0 Å². The first-order chi connectivity index (χ1) is 16.7. The van der Waals surface area contributed by atoms with Gasteiger partial charge in [-0.15, -0.1) is 0 Å². The Balaban J connectivity index is 1.60. The Morgan fingerprint density at radius 1 is 0.706 bits per heavy atom. The lowest BCUT2D eigenvalue weighted by Crippen LogP contribution is -2.25. The normalized spacial score (nSPS) is 13.4. The summed E-state index contributed by atoms with van der Waals surface area (Å²) < 4.78 is 2.39. The molecule has 0 fully saturated rings. The molecule has 192 valence electrons. The molecule has 2 nitrogen and oxygen atoms in total. The van der Waals surface area contributed by atoms with Crippen LogP contribution in [0.4, 0.5) is 0 Å². The number of hydrogen-bond acceptors (Lipinski definition) is 1. The van der Waals surface area contributed by atoms with Crippen LogP contribution in [-0.4, -0.2) is 9.55 Å². The van der Waals surface area contributed by atoms with E-state index < -0.39 is 0 Å². The van der Waals surface area contributed by atoms with E-state index in [9.17, 15) is 0 Å². The minimum absolute atomic E-state index is 0.546. The van der Waals surface area contributed by atoms with Crippen LogP contribution >= 0.6 is 0 Å². The average Bonchev–Trinajstić information content (AvgIpc) is 3.38. The Kier molecular flexibility index (Phi) is 15.8. The lowest BCUT2D eigenvalue weighted by Gasteiger charge is -2.31. The van der Waals surface area contributed by atoms with Crippen molar-refractivity contribution in [3.05, 3.63) is 54.6 Å². The monoisotopic (exact) mass is 466 g/mol. The molecular formula is C32H54N2. The second-order valence-electron chi connectivity index (χ2n) is 10.9. The van der Waals surface area contributed by atoms with Crippen molar-refractivity contribution in [2.45, 2.75) is 136 Å². The van der Waals surface area contributed by atoms with Gasteiger partial charge in [-0.25, -0.2) is 4.98 Å². The summed E-state index contributed by atoms with van der Waals surface area (Å²) in [5.41, 5.74) is 1.46. The predicted octanol–water partition coefficient (Wildman–Crippen LogP) is 10.2. The zero-order chi connectivity index (χ0) is 24.3. The van der Waals surface area contributed by atoms with Gasteiger partial charge >= 0.3 is 0 Å². The molecule has 1 aromatic heterocycles. The third-order valence-corrected chi connectivity index (χ3v) is 7.68. The number of rotatable bonds is 21. The lowest BCUT2D eigenvalue weighted by molar-refractivity contribution is 0.233. The van der Waals surface area contributed by atoms with E-state index in [-0.39, 0.29) is 0 Å². The maximum absolute atomic E-state index is 4.38. The molecule has 0 aliphatic heterocycles. The maximum atomic E-state index is 4.38. The standard InChI is InChI=1S/C32H54N2/c1-4-5-6-7-8-9-10-11-12-13-14-15-16-17-21-24-32(34-26-25-33-28-34)31(29(2)3)27-30-22-19-18-20-23-30/h18-20,22-23,25-26,28-29,31-32H,4-17,21,24,27H2,1-3H3. The smallest absolute Gasteiger partial charge is 0.0948 e. The minimum Gasteiger partial charge on any atom is -0.334 e. The highest BCUT2D eigenvalue weighted by Crippen LogP contribution is 2.33. The van der Waals surface area contributed by atoms with Crippen LogP contribution in [0.25, 0.3) is 0 Å². The van der Waals surface area contributed by atoms with Crippen molar-refractivity contribution in [2.24, 2.45) is 11.8 Å². The summed E-state index contributed by atoms with van der Waals surface area (Å²) in [6, 6.07) is 11.6. The summed E-state index contributed by atoms with van der Waals surface area (Å²) in [4.78, 5) is 4.38. The molecule has 0 radical (unpaired) electrons. The molecule has 0 saturated carbocycles. The van der Waals surface area contributed by atoms with E-state index in [1.807, 2.05) is 12.5 Å². The zero-order valence-corrected chi connectivity index (χ0v) is 22.8. The quantitative estimate of drug-likeness (QED) is 0.167. The van der Waals surface area contributed by atoms with Crippen molar-refractivity contribution in [1.82, 2.24) is 9.55 Å². The molecule has 1 heterocycles. The Bertz CT molecular complexity index is 676. The fourth-order valence-electron chi connectivity index (χ4n) is 5.48. The number of aromatic nitrogens is 2. The van der Waals surface area contributed by atoms with Gasteiger partial charge in [-0.2, -0.15) is 0 Å². The van der Waals surface area contributed by atoms with Crippen LogP contribution in [-0.2, 0) is 6.42 Å². The van der Waals surface area contributed by atoms with E-state index in [4.69, 9.17) is 0 Å². The molecule has 0 amide bonds. The van der Waals surface area contributed by atoms with Crippen LogP contribution in [0.15, 0.2) is 49.1 Å². The molecule has 2 unspecified atom stereocenters. The second kappa shape index (κ2) is 18.7. The third kappa shape index (κ3) is 12.2. The SMILES string of the molecule is CCCCCCCCCCCCCCCCCC(C(Cc1ccccc1)C(C)C)n1ccnc1. The van der Waals surface area contributed by atoms with Gasteiger partial charge in [0.25, 0.3) is 0 Å². The maximum Gasteiger partial charge on any atom is 0.0948 e. The number of unbranched alkanes of at least 4 members (excludes halogenated alkanes) is 14. The van der Waals surface area contributed by atoms with Crippen molar-refractivity contribution >= 4 is 0 Å². The number of nitrogens with zero attached hydrogens (tertiary/aromatic N) is 2. The molecule has 2 heteroatoms. The number of benzene rings is 1. The van der Waals surface area contributed by atoms with E-state index in [1.165, 1.54) is 108 Å². The summed E-state index contributed by atoms with van der Waals surface area (Å²) >= 11 is 0. The first-order valence-corrected chi connectivity index (χ1v) is 14.7. The fraction of sp³-hybridized carbons (Fsp3) is 0.719. The highest BCUT2D eigenvalue weighted by molar-refractivity contribution is 5.15. The molecule has 2 rings (SSSR count). The number of hydrogen-bond donors (Lipinski definition) is 0. The topological polar surface area (TPSA) is 17.8 Å². The van der Waals surface area contributed by atoms with E-state index in [0.29, 0.717) is 17.9 Å². The highest BCUT2D eigenvalue weighted by atomic mass is 15.1. The average molecular weight is 467 g/mol. The first kappa shape index (κ1) is 28.7. The van der Waals surface area contributed by atoms with Gasteiger partial charge < -0.3 is 4.57 Å².